The van der Waals surface area contributed by atoms with Crippen LogP contribution in [-0.4, -0.2) is 26.6 Å². The van der Waals surface area contributed by atoms with Gasteiger partial charge < -0.3 is 15.0 Å². The molecular weight excluding hydrogens is 344 g/mol. The molecule has 27 heavy (non-hydrogen) atoms. The summed E-state index contributed by atoms with van der Waals surface area (Å²) >= 11 is 0. The van der Waals surface area contributed by atoms with Crippen LogP contribution in [0.3, 0.4) is 0 Å². The fourth-order valence-corrected chi connectivity index (χ4v) is 2.42. The molecule has 0 spiro atoms. The van der Waals surface area contributed by atoms with E-state index in [9.17, 15) is 9.59 Å². The third kappa shape index (κ3) is 4.63. The first kappa shape index (κ1) is 18.4. The SMILES string of the molecule is CC(C)(C)C(=O)OCn1cc(NC(=O)C=Cc2c[nH]c3ccccc23)cn1. The average molecular weight is 366 g/mol. The van der Waals surface area contributed by atoms with Crippen molar-refractivity contribution in [3.05, 3.63) is 54.5 Å². The topological polar surface area (TPSA) is 89.0 Å². The van der Waals surface area contributed by atoms with Gasteiger partial charge >= 0.3 is 5.97 Å². The number of aromatic amines is 1. The van der Waals surface area contributed by atoms with Crippen molar-refractivity contribution in [2.45, 2.75) is 27.5 Å². The number of nitrogens with one attached hydrogen (secondary N) is 2. The minimum absolute atomic E-state index is 0.00282. The van der Waals surface area contributed by atoms with Crippen LogP contribution < -0.4 is 5.32 Å². The van der Waals surface area contributed by atoms with Gasteiger partial charge in [0.2, 0.25) is 5.91 Å². The van der Waals surface area contributed by atoms with E-state index in [1.807, 2.05) is 30.5 Å². The van der Waals surface area contributed by atoms with Crippen LogP contribution in [0.4, 0.5) is 5.69 Å². The van der Waals surface area contributed by atoms with Gasteiger partial charge in [-0.1, -0.05) is 18.2 Å². The smallest absolute Gasteiger partial charge is 0.313 e. The number of anilines is 1. The van der Waals surface area contributed by atoms with E-state index in [-0.39, 0.29) is 18.6 Å². The molecule has 0 bridgehead atoms. The maximum absolute atomic E-state index is 12.1. The van der Waals surface area contributed by atoms with Crippen molar-refractivity contribution in [1.29, 1.82) is 0 Å². The Morgan fingerprint density at radius 2 is 2.07 bits per heavy atom. The monoisotopic (exact) mass is 366 g/mol. The Bertz CT molecular complexity index is 992. The number of carbonyl (C=O) groups excluding carboxylic acids is 2. The zero-order chi connectivity index (χ0) is 19.4. The van der Waals surface area contributed by atoms with Crippen molar-refractivity contribution in [2.75, 3.05) is 5.32 Å². The number of hydrogen-bond acceptors (Lipinski definition) is 4. The molecule has 0 aliphatic heterocycles. The van der Waals surface area contributed by atoms with E-state index >= 15 is 0 Å². The molecule has 2 N–H and O–H groups in total. The zero-order valence-corrected chi connectivity index (χ0v) is 15.5. The molecule has 0 aliphatic rings. The van der Waals surface area contributed by atoms with E-state index in [1.54, 1.807) is 33.0 Å². The lowest BCUT2D eigenvalue weighted by Gasteiger charge is -2.16. The highest BCUT2D eigenvalue weighted by molar-refractivity contribution is 6.03. The summed E-state index contributed by atoms with van der Waals surface area (Å²) in [4.78, 5) is 27.0. The third-order valence-electron chi connectivity index (χ3n) is 3.88. The van der Waals surface area contributed by atoms with Crippen molar-refractivity contribution >= 4 is 34.5 Å². The van der Waals surface area contributed by atoms with E-state index in [1.165, 1.54) is 17.0 Å². The third-order valence-corrected chi connectivity index (χ3v) is 3.88. The van der Waals surface area contributed by atoms with Crippen LogP contribution in [0.1, 0.15) is 26.3 Å². The number of esters is 1. The Hall–Kier alpha value is -3.35. The summed E-state index contributed by atoms with van der Waals surface area (Å²) in [7, 11) is 0. The first-order chi connectivity index (χ1) is 12.8. The molecule has 2 aromatic heterocycles. The fourth-order valence-electron chi connectivity index (χ4n) is 2.42. The molecule has 1 amide bonds. The standard InChI is InChI=1S/C20H22N4O3/c1-20(2,3)19(26)27-13-24-12-15(11-22-24)23-18(25)9-8-14-10-21-17-7-5-4-6-16(14)17/h4-12,21H,13H2,1-3H3,(H,23,25). The van der Waals surface area contributed by atoms with Crippen LogP contribution in [0.2, 0.25) is 0 Å². The molecular formula is C20H22N4O3. The largest absolute Gasteiger partial charge is 0.442 e. The van der Waals surface area contributed by atoms with Gasteiger partial charge in [0.15, 0.2) is 6.73 Å². The Morgan fingerprint density at radius 3 is 2.85 bits per heavy atom. The number of ether oxygens (including phenoxy) is 1. The maximum atomic E-state index is 12.1. The number of H-pyrrole nitrogens is 1. The van der Waals surface area contributed by atoms with Crippen molar-refractivity contribution in [1.82, 2.24) is 14.8 Å². The number of fused-ring (bicyclic) bond motifs is 1. The molecule has 3 aromatic rings. The van der Waals surface area contributed by atoms with E-state index in [0.717, 1.165) is 16.5 Å². The van der Waals surface area contributed by atoms with Crippen LogP contribution in [0, 0.1) is 5.41 Å². The summed E-state index contributed by atoms with van der Waals surface area (Å²) in [6, 6.07) is 7.88. The number of rotatable bonds is 5. The molecule has 1 aromatic carbocycles. The van der Waals surface area contributed by atoms with Crippen molar-refractivity contribution in [3.63, 3.8) is 0 Å². The molecule has 2 heterocycles. The van der Waals surface area contributed by atoms with Gasteiger partial charge in [-0.15, -0.1) is 0 Å². The lowest BCUT2D eigenvalue weighted by Crippen LogP contribution is -2.24. The number of aromatic nitrogens is 3. The van der Waals surface area contributed by atoms with Gasteiger partial charge in [-0.2, -0.15) is 5.10 Å². The van der Waals surface area contributed by atoms with Gasteiger partial charge in [0, 0.05) is 23.2 Å². The van der Waals surface area contributed by atoms with Gasteiger partial charge in [-0.3, -0.25) is 9.59 Å². The second-order valence-electron chi connectivity index (χ2n) is 7.19. The van der Waals surface area contributed by atoms with Crippen LogP contribution in [0.25, 0.3) is 17.0 Å². The predicted molar refractivity (Wildman–Crippen MR) is 104 cm³/mol. The number of para-hydroxylation sites is 1. The van der Waals surface area contributed by atoms with Crippen LogP contribution >= 0.6 is 0 Å². The second kappa shape index (κ2) is 7.49. The number of carbonyl (C=O) groups is 2. The van der Waals surface area contributed by atoms with E-state index in [2.05, 4.69) is 15.4 Å². The van der Waals surface area contributed by atoms with Gasteiger partial charge in [0.05, 0.1) is 23.5 Å². The minimum Gasteiger partial charge on any atom is -0.442 e. The maximum Gasteiger partial charge on any atom is 0.313 e. The molecule has 3 rings (SSSR count). The van der Waals surface area contributed by atoms with Gasteiger partial charge in [-0.25, -0.2) is 4.68 Å². The van der Waals surface area contributed by atoms with E-state index in [0.29, 0.717) is 5.69 Å². The van der Waals surface area contributed by atoms with Gasteiger partial charge in [0.25, 0.3) is 0 Å². The summed E-state index contributed by atoms with van der Waals surface area (Å²) in [5.74, 6) is -0.586. The Morgan fingerprint density at radius 1 is 1.30 bits per heavy atom. The highest BCUT2D eigenvalue weighted by atomic mass is 16.5. The van der Waals surface area contributed by atoms with Gasteiger partial charge in [0.1, 0.15) is 0 Å². The molecule has 0 saturated carbocycles. The van der Waals surface area contributed by atoms with Crippen molar-refractivity contribution in [2.24, 2.45) is 5.41 Å². The molecule has 7 nitrogen and oxygen atoms in total. The summed E-state index contributed by atoms with van der Waals surface area (Å²) in [5, 5.41) is 7.85. The molecule has 0 saturated heterocycles. The molecule has 0 atom stereocenters. The van der Waals surface area contributed by atoms with E-state index in [4.69, 9.17) is 4.74 Å². The Kier molecular flexibility index (Phi) is 5.12. The van der Waals surface area contributed by atoms with Crippen LogP contribution in [0.15, 0.2) is 48.9 Å². The lowest BCUT2D eigenvalue weighted by atomic mass is 9.98. The van der Waals surface area contributed by atoms with Crippen molar-refractivity contribution < 1.29 is 14.3 Å². The summed E-state index contributed by atoms with van der Waals surface area (Å²) < 4.78 is 6.63. The summed E-state index contributed by atoms with van der Waals surface area (Å²) in [6.07, 6.45) is 8.18. The first-order valence-corrected chi connectivity index (χ1v) is 8.58. The Labute approximate surface area is 157 Å². The summed E-state index contributed by atoms with van der Waals surface area (Å²) in [6.45, 7) is 5.34. The second-order valence-corrected chi connectivity index (χ2v) is 7.19. The molecule has 0 aliphatic carbocycles. The number of nitrogens with zero attached hydrogens (tertiary/aromatic N) is 2. The zero-order valence-electron chi connectivity index (χ0n) is 15.5. The number of hydrogen-bond donors (Lipinski definition) is 2. The van der Waals surface area contributed by atoms with E-state index < -0.39 is 5.41 Å². The van der Waals surface area contributed by atoms with Gasteiger partial charge in [-0.05, 0) is 38.5 Å². The minimum atomic E-state index is -0.572. The predicted octanol–water partition coefficient (Wildman–Crippen LogP) is 3.56. The van der Waals surface area contributed by atoms with Crippen molar-refractivity contribution in [3.8, 4) is 0 Å². The molecule has 7 heteroatoms. The Balaban J connectivity index is 1.57. The molecule has 0 fully saturated rings. The number of benzene rings is 1. The normalized spacial score (nSPS) is 11.8. The first-order valence-electron chi connectivity index (χ1n) is 8.58. The fraction of sp³-hybridized carbons (Fsp3) is 0.250. The highest BCUT2D eigenvalue weighted by Crippen LogP contribution is 2.19. The molecule has 140 valence electrons. The quantitative estimate of drug-likeness (QED) is 0.534. The van der Waals surface area contributed by atoms with Crippen LogP contribution in [0.5, 0.6) is 0 Å². The van der Waals surface area contributed by atoms with Crippen LogP contribution in [-0.2, 0) is 21.1 Å². The summed E-state index contributed by atoms with van der Waals surface area (Å²) in [5.41, 5.74) is 1.90. The highest BCUT2D eigenvalue weighted by Gasteiger charge is 2.23. The average Bonchev–Trinajstić information content (AvgIpc) is 3.23. The lowest BCUT2D eigenvalue weighted by molar-refractivity contribution is -0.157. The molecule has 0 unspecified atom stereocenters. The molecule has 0 radical (unpaired) electrons. The number of amides is 1.